The fourth-order valence-electron chi connectivity index (χ4n) is 1.59. The van der Waals surface area contributed by atoms with E-state index in [0.717, 1.165) is 0 Å². The summed E-state index contributed by atoms with van der Waals surface area (Å²) >= 11 is 0. The van der Waals surface area contributed by atoms with E-state index in [1.165, 1.54) is 19.3 Å². The molecule has 0 radical (unpaired) electrons. The van der Waals surface area contributed by atoms with Gasteiger partial charge in [-0.3, -0.25) is 0 Å². The molecule has 0 aliphatic carbocycles. The van der Waals surface area contributed by atoms with E-state index in [0.29, 0.717) is 0 Å². The number of carbonyl (C=O) groups is 2. The Morgan fingerprint density at radius 1 is 1.16 bits per heavy atom. The molecule has 19 heavy (non-hydrogen) atoms. The topological polar surface area (TPSA) is 64.6 Å². The molecule has 5 nitrogen and oxygen atoms in total. The number of ether oxygens (including phenoxy) is 2. The Balaban J connectivity index is 5.12. The zero-order chi connectivity index (χ0) is 15.1. The molecule has 0 bridgehead atoms. The number of hydrogen-bond donors (Lipinski definition) is 1. The molecule has 0 aromatic heterocycles. The Morgan fingerprint density at radius 2 is 1.63 bits per heavy atom. The van der Waals surface area contributed by atoms with Crippen LogP contribution in [0.5, 0.6) is 0 Å². The number of alkyl carbamates (subject to hydrolysis) is 1. The van der Waals surface area contributed by atoms with Crippen molar-refractivity contribution in [2.75, 3.05) is 7.11 Å². The molecule has 0 aliphatic heterocycles. The van der Waals surface area contributed by atoms with E-state index in [4.69, 9.17) is 9.47 Å². The lowest BCUT2D eigenvalue weighted by Crippen LogP contribution is -2.55. The van der Waals surface area contributed by atoms with Gasteiger partial charge in [0.25, 0.3) is 0 Å². The summed E-state index contributed by atoms with van der Waals surface area (Å²) in [6, 6.07) is 0. The molecule has 0 heterocycles. The van der Waals surface area contributed by atoms with E-state index >= 15 is 0 Å². The van der Waals surface area contributed by atoms with E-state index < -0.39 is 23.2 Å². The van der Waals surface area contributed by atoms with Crippen molar-refractivity contribution in [3.63, 3.8) is 0 Å². The Kier molecular flexibility index (Phi) is 6.32. The monoisotopic (exact) mass is 269 g/mol. The molecule has 0 aromatic rings. The van der Waals surface area contributed by atoms with Gasteiger partial charge in [-0.05, 0) is 33.6 Å². The van der Waals surface area contributed by atoms with E-state index in [1.54, 1.807) is 20.8 Å². The minimum absolute atomic E-state index is 0.227. The lowest BCUT2D eigenvalue weighted by Gasteiger charge is -2.31. The van der Waals surface area contributed by atoms with E-state index in [2.05, 4.69) is 18.5 Å². The summed E-state index contributed by atoms with van der Waals surface area (Å²) in [5.41, 5.74) is -1.87. The Bertz CT molecular complexity index is 345. The van der Waals surface area contributed by atoms with Crippen LogP contribution in [0.1, 0.15) is 33.6 Å². The van der Waals surface area contributed by atoms with E-state index in [9.17, 15) is 9.59 Å². The van der Waals surface area contributed by atoms with Crippen LogP contribution in [0.3, 0.4) is 0 Å². The summed E-state index contributed by atoms with van der Waals surface area (Å²) in [6.07, 6.45) is 2.85. The molecular formula is C14H23NO4. The van der Waals surface area contributed by atoms with Gasteiger partial charge in [0, 0.05) is 0 Å². The van der Waals surface area contributed by atoms with Crippen LogP contribution in [0.25, 0.3) is 0 Å². The number of methoxy groups -OCH3 is 1. The third-order valence-corrected chi connectivity index (χ3v) is 2.30. The number of hydrogen-bond acceptors (Lipinski definition) is 4. The summed E-state index contributed by atoms with van der Waals surface area (Å²) in [6.45, 7) is 12.4. The molecule has 0 aliphatic rings. The zero-order valence-electron chi connectivity index (χ0n) is 12.1. The van der Waals surface area contributed by atoms with Crippen LogP contribution in [0.2, 0.25) is 0 Å². The van der Waals surface area contributed by atoms with Crippen LogP contribution in [0, 0.1) is 0 Å². The normalized spacial score (nSPS) is 11.4. The van der Waals surface area contributed by atoms with Gasteiger partial charge in [0.1, 0.15) is 11.1 Å². The highest BCUT2D eigenvalue weighted by atomic mass is 16.6. The largest absolute Gasteiger partial charge is 0.467 e. The highest BCUT2D eigenvalue weighted by molar-refractivity contribution is 5.86. The quantitative estimate of drug-likeness (QED) is 0.594. The Morgan fingerprint density at radius 3 is 1.95 bits per heavy atom. The average molecular weight is 269 g/mol. The highest BCUT2D eigenvalue weighted by Crippen LogP contribution is 2.20. The Hall–Kier alpha value is -1.78. The first-order chi connectivity index (χ1) is 8.70. The standard InChI is InChI=1S/C14H23NO4/c1-7-9-14(10-8-2,11(16)18-6)15-12(17)19-13(3,4)5/h7-8H,1-2,9-10H2,3-6H3,(H,15,17). The molecule has 0 aromatic carbocycles. The zero-order valence-corrected chi connectivity index (χ0v) is 12.1. The summed E-state index contributed by atoms with van der Waals surface area (Å²) in [5, 5.41) is 2.56. The van der Waals surface area contributed by atoms with Crippen molar-refractivity contribution in [3.05, 3.63) is 25.3 Å². The van der Waals surface area contributed by atoms with Crippen LogP contribution in [0.4, 0.5) is 4.79 Å². The van der Waals surface area contributed by atoms with E-state index in [1.807, 2.05) is 0 Å². The van der Waals surface area contributed by atoms with Crippen LogP contribution in [0.15, 0.2) is 25.3 Å². The number of nitrogens with one attached hydrogen (secondary N) is 1. The molecule has 0 saturated heterocycles. The minimum Gasteiger partial charge on any atom is -0.467 e. The first-order valence-electron chi connectivity index (χ1n) is 6.02. The molecule has 108 valence electrons. The van der Waals surface area contributed by atoms with Gasteiger partial charge in [-0.2, -0.15) is 0 Å². The van der Waals surface area contributed by atoms with Crippen molar-refractivity contribution in [2.24, 2.45) is 0 Å². The van der Waals surface area contributed by atoms with Crippen molar-refractivity contribution in [3.8, 4) is 0 Å². The van der Waals surface area contributed by atoms with Gasteiger partial charge in [-0.15, -0.1) is 13.2 Å². The predicted octanol–water partition coefficient (Wildman–Crippen LogP) is 2.58. The van der Waals surface area contributed by atoms with Gasteiger partial charge in [0.15, 0.2) is 0 Å². The molecular weight excluding hydrogens is 246 g/mol. The number of esters is 1. The SMILES string of the molecule is C=CCC(CC=C)(NC(=O)OC(C)(C)C)C(=O)OC. The van der Waals surface area contributed by atoms with Gasteiger partial charge < -0.3 is 14.8 Å². The molecule has 0 fully saturated rings. The maximum absolute atomic E-state index is 11.9. The molecule has 0 saturated carbocycles. The minimum atomic E-state index is -1.22. The number of amides is 1. The first-order valence-corrected chi connectivity index (χ1v) is 6.02. The van der Waals surface area contributed by atoms with Crippen LogP contribution >= 0.6 is 0 Å². The first kappa shape index (κ1) is 17.2. The van der Waals surface area contributed by atoms with Gasteiger partial charge in [0.05, 0.1) is 7.11 Å². The van der Waals surface area contributed by atoms with Crippen molar-refractivity contribution >= 4 is 12.1 Å². The number of carbonyl (C=O) groups excluding carboxylic acids is 2. The second-order valence-electron chi connectivity index (χ2n) is 5.19. The van der Waals surface area contributed by atoms with Gasteiger partial charge in [0.2, 0.25) is 0 Å². The molecule has 0 unspecified atom stereocenters. The summed E-state index contributed by atoms with van der Waals surface area (Å²) < 4.78 is 9.90. The summed E-state index contributed by atoms with van der Waals surface area (Å²) in [5.74, 6) is -0.557. The molecule has 0 rings (SSSR count). The fraction of sp³-hybridized carbons (Fsp3) is 0.571. The number of rotatable bonds is 6. The Labute approximate surface area is 114 Å². The molecule has 5 heteroatoms. The van der Waals surface area contributed by atoms with Crippen LogP contribution in [-0.2, 0) is 14.3 Å². The third kappa shape index (κ3) is 5.59. The molecule has 1 amide bonds. The fourth-order valence-corrected chi connectivity index (χ4v) is 1.59. The van der Waals surface area contributed by atoms with Gasteiger partial charge in [-0.1, -0.05) is 12.2 Å². The smallest absolute Gasteiger partial charge is 0.408 e. The highest BCUT2D eigenvalue weighted by Gasteiger charge is 2.40. The molecule has 0 spiro atoms. The maximum Gasteiger partial charge on any atom is 0.408 e. The second kappa shape index (κ2) is 6.97. The van der Waals surface area contributed by atoms with Crippen molar-refractivity contribution < 1.29 is 19.1 Å². The van der Waals surface area contributed by atoms with Gasteiger partial charge >= 0.3 is 12.1 Å². The third-order valence-electron chi connectivity index (χ3n) is 2.30. The molecule has 1 N–H and O–H groups in total. The predicted molar refractivity (Wildman–Crippen MR) is 73.7 cm³/mol. The van der Waals surface area contributed by atoms with E-state index in [-0.39, 0.29) is 12.8 Å². The summed E-state index contributed by atoms with van der Waals surface area (Å²) in [4.78, 5) is 23.8. The van der Waals surface area contributed by atoms with Crippen molar-refractivity contribution in [1.82, 2.24) is 5.32 Å². The average Bonchev–Trinajstić information content (AvgIpc) is 2.25. The maximum atomic E-state index is 11.9. The van der Waals surface area contributed by atoms with Gasteiger partial charge in [-0.25, -0.2) is 9.59 Å². The van der Waals surface area contributed by atoms with Crippen molar-refractivity contribution in [2.45, 2.75) is 44.8 Å². The van der Waals surface area contributed by atoms with Crippen LogP contribution in [-0.4, -0.2) is 30.3 Å². The second-order valence-corrected chi connectivity index (χ2v) is 5.19. The lowest BCUT2D eigenvalue weighted by atomic mass is 9.91. The van der Waals surface area contributed by atoms with Crippen molar-refractivity contribution in [1.29, 1.82) is 0 Å². The molecule has 0 atom stereocenters. The summed E-state index contributed by atoms with van der Waals surface area (Å²) in [7, 11) is 1.26. The van der Waals surface area contributed by atoms with Crippen LogP contribution < -0.4 is 5.32 Å². The lowest BCUT2D eigenvalue weighted by molar-refractivity contribution is -0.148.